The molecule has 5 heteroatoms. The van der Waals surface area contributed by atoms with E-state index in [1.807, 2.05) is 30.3 Å². The molecule has 0 amide bonds. The van der Waals surface area contributed by atoms with Gasteiger partial charge in [0.05, 0.1) is 9.99 Å². The molecule has 88 valence electrons. The van der Waals surface area contributed by atoms with Gasteiger partial charge in [-0.2, -0.15) is 0 Å². The van der Waals surface area contributed by atoms with Gasteiger partial charge in [-0.3, -0.25) is 4.98 Å². The fraction of sp³-hybridized carbons (Fsp3) is 0. The van der Waals surface area contributed by atoms with Crippen molar-refractivity contribution in [3.05, 3.63) is 53.4 Å². The van der Waals surface area contributed by atoms with E-state index < -0.39 is 0 Å². The van der Waals surface area contributed by atoms with Crippen LogP contribution in [0.4, 0.5) is 0 Å². The van der Waals surface area contributed by atoms with Crippen LogP contribution in [-0.4, -0.2) is 15.0 Å². The predicted octanol–water partition coefficient (Wildman–Crippen LogP) is 3.58. The standard InChI is InChI=1S/C13H8BrN3O/c14-10-7-16-13(17-8-10)18-11-4-3-9-2-1-5-15-12(9)6-11/h1-8H. The number of hydrogen-bond acceptors (Lipinski definition) is 4. The molecule has 3 aromatic rings. The van der Waals surface area contributed by atoms with E-state index in [1.54, 1.807) is 18.6 Å². The second kappa shape index (κ2) is 4.70. The number of benzene rings is 1. The minimum atomic E-state index is 0.313. The zero-order chi connectivity index (χ0) is 12.4. The van der Waals surface area contributed by atoms with Crippen molar-refractivity contribution in [3.8, 4) is 11.8 Å². The molecule has 4 nitrogen and oxygen atoms in total. The highest BCUT2D eigenvalue weighted by Gasteiger charge is 2.02. The molecule has 0 aliphatic rings. The number of aromatic nitrogens is 3. The van der Waals surface area contributed by atoms with Gasteiger partial charge in [0.1, 0.15) is 5.75 Å². The van der Waals surface area contributed by atoms with Crippen molar-refractivity contribution in [2.45, 2.75) is 0 Å². The fourth-order valence-electron chi connectivity index (χ4n) is 1.57. The Balaban J connectivity index is 1.92. The summed E-state index contributed by atoms with van der Waals surface area (Å²) in [5.74, 6) is 0.670. The molecule has 2 aromatic heterocycles. The number of rotatable bonds is 2. The van der Waals surface area contributed by atoms with E-state index in [4.69, 9.17) is 4.74 Å². The summed E-state index contributed by atoms with van der Waals surface area (Å²) in [7, 11) is 0. The molecular formula is C13H8BrN3O. The van der Waals surface area contributed by atoms with Crippen molar-refractivity contribution in [1.29, 1.82) is 0 Å². The van der Waals surface area contributed by atoms with Crippen LogP contribution >= 0.6 is 15.9 Å². The number of pyridine rings is 1. The Morgan fingerprint density at radius 2 is 1.83 bits per heavy atom. The molecule has 0 N–H and O–H groups in total. The highest BCUT2D eigenvalue weighted by molar-refractivity contribution is 9.10. The summed E-state index contributed by atoms with van der Waals surface area (Å²) in [5.41, 5.74) is 0.882. The van der Waals surface area contributed by atoms with Gasteiger partial charge in [0.25, 0.3) is 0 Å². The molecule has 0 unspecified atom stereocenters. The molecule has 2 heterocycles. The summed E-state index contributed by atoms with van der Waals surface area (Å²) >= 11 is 3.27. The van der Waals surface area contributed by atoms with Gasteiger partial charge in [0.2, 0.25) is 0 Å². The number of nitrogens with zero attached hydrogens (tertiary/aromatic N) is 3. The van der Waals surface area contributed by atoms with Crippen LogP contribution in [0.3, 0.4) is 0 Å². The maximum Gasteiger partial charge on any atom is 0.321 e. The van der Waals surface area contributed by atoms with E-state index in [1.165, 1.54) is 0 Å². The normalized spacial score (nSPS) is 10.5. The van der Waals surface area contributed by atoms with Crippen molar-refractivity contribution in [3.63, 3.8) is 0 Å². The SMILES string of the molecule is Brc1cnc(Oc2ccc3cccnc3c2)nc1. The first-order valence-corrected chi connectivity index (χ1v) is 6.11. The molecule has 0 atom stereocenters. The molecule has 3 rings (SSSR count). The van der Waals surface area contributed by atoms with Gasteiger partial charge in [0.15, 0.2) is 0 Å². The Morgan fingerprint density at radius 3 is 2.67 bits per heavy atom. The lowest BCUT2D eigenvalue weighted by Crippen LogP contribution is -1.91. The van der Waals surface area contributed by atoms with Crippen LogP contribution in [0.25, 0.3) is 10.9 Å². The summed E-state index contributed by atoms with van der Waals surface area (Å²) in [6, 6.07) is 9.91. The van der Waals surface area contributed by atoms with Crippen LogP contribution in [0.5, 0.6) is 11.8 Å². The van der Waals surface area contributed by atoms with Crippen LogP contribution in [0.1, 0.15) is 0 Å². The molecule has 0 bridgehead atoms. The third-order valence-electron chi connectivity index (χ3n) is 2.38. The summed E-state index contributed by atoms with van der Waals surface area (Å²) in [6.45, 7) is 0. The monoisotopic (exact) mass is 301 g/mol. The average Bonchev–Trinajstić information content (AvgIpc) is 2.41. The summed E-state index contributed by atoms with van der Waals surface area (Å²) in [6.07, 6.45) is 5.03. The zero-order valence-corrected chi connectivity index (χ0v) is 10.8. The van der Waals surface area contributed by atoms with Crippen LogP contribution in [-0.2, 0) is 0 Å². The Kier molecular flexibility index (Phi) is 2.90. The largest absolute Gasteiger partial charge is 0.424 e. The lowest BCUT2D eigenvalue weighted by molar-refractivity contribution is 0.442. The summed E-state index contributed by atoms with van der Waals surface area (Å²) < 4.78 is 6.37. The van der Waals surface area contributed by atoms with Gasteiger partial charge in [-0.1, -0.05) is 6.07 Å². The average molecular weight is 302 g/mol. The molecule has 1 aromatic carbocycles. The topological polar surface area (TPSA) is 47.9 Å². The molecule has 0 saturated carbocycles. The summed E-state index contributed by atoms with van der Waals surface area (Å²) in [4.78, 5) is 12.4. The van der Waals surface area contributed by atoms with Gasteiger partial charge in [-0.25, -0.2) is 9.97 Å². The second-order valence-electron chi connectivity index (χ2n) is 3.64. The first-order chi connectivity index (χ1) is 8.81. The smallest absolute Gasteiger partial charge is 0.321 e. The zero-order valence-electron chi connectivity index (χ0n) is 9.25. The Morgan fingerprint density at radius 1 is 1.00 bits per heavy atom. The van der Waals surface area contributed by atoms with Crippen molar-refractivity contribution in [2.24, 2.45) is 0 Å². The minimum Gasteiger partial charge on any atom is -0.424 e. The molecule has 0 radical (unpaired) electrons. The van der Waals surface area contributed by atoms with E-state index >= 15 is 0 Å². The second-order valence-corrected chi connectivity index (χ2v) is 4.56. The highest BCUT2D eigenvalue weighted by atomic mass is 79.9. The minimum absolute atomic E-state index is 0.313. The number of fused-ring (bicyclic) bond motifs is 1. The van der Waals surface area contributed by atoms with Crippen molar-refractivity contribution >= 4 is 26.8 Å². The molecule has 0 saturated heterocycles. The van der Waals surface area contributed by atoms with Gasteiger partial charge < -0.3 is 4.74 Å². The third kappa shape index (κ3) is 2.31. The van der Waals surface area contributed by atoms with Crippen molar-refractivity contribution < 1.29 is 4.74 Å². The molecule has 18 heavy (non-hydrogen) atoms. The quantitative estimate of drug-likeness (QED) is 0.726. The lowest BCUT2D eigenvalue weighted by atomic mass is 10.2. The van der Waals surface area contributed by atoms with Crippen LogP contribution < -0.4 is 4.74 Å². The molecule has 0 fully saturated rings. The van der Waals surface area contributed by atoms with Crippen LogP contribution in [0.2, 0.25) is 0 Å². The van der Waals surface area contributed by atoms with Crippen molar-refractivity contribution in [1.82, 2.24) is 15.0 Å². The Bertz CT molecular complexity index is 685. The van der Waals surface area contributed by atoms with E-state index in [0.29, 0.717) is 11.8 Å². The number of hydrogen-bond donors (Lipinski definition) is 0. The first-order valence-electron chi connectivity index (χ1n) is 5.31. The summed E-state index contributed by atoms with van der Waals surface area (Å²) in [5, 5.41) is 1.07. The molecule has 0 aliphatic carbocycles. The Labute approximate surface area is 112 Å². The van der Waals surface area contributed by atoms with Crippen LogP contribution in [0.15, 0.2) is 53.4 Å². The molecular weight excluding hydrogens is 294 g/mol. The maximum absolute atomic E-state index is 5.56. The Hall–Kier alpha value is -2.01. The van der Waals surface area contributed by atoms with Gasteiger partial charge >= 0.3 is 6.01 Å². The van der Waals surface area contributed by atoms with E-state index in [2.05, 4.69) is 30.9 Å². The van der Waals surface area contributed by atoms with E-state index in [-0.39, 0.29) is 0 Å². The lowest BCUT2D eigenvalue weighted by Gasteiger charge is -2.04. The number of ether oxygens (including phenoxy) is 1. The maximum atomic E-state index is 5.56. The van der Waals surface area contributed by atoms with Crippen molar-refractivity contribution in [2.75, 3.05) is 0 Å². The molecule has 0 aliphatic heterocycles. The van der Waals surface area contributed by atoms with Gasteiger partial charge in [-0.05, 0) is 34.1 Å². The third-order valence-corrected chi connectivity index (χ3v) is 2.79. The first kappa shape index (κ1) is 11.1. The van der Waals surface area contributed by atoms with Gasteiger partial charge in [-0.15, -0.1) is 0 Å². The van der Waals surface area contributed by atoms with E-state index in [0.717, 1.165) is 15.4 Å². The van der Waals surface area contributed by atoms with E-state index in [9.17, 15) is 0 Å². The predicted molar refractivity (Wildman–Crippen MR) is 71.5 cm³/mol. The number of halogens is 1. The fourth-order valence-corrected chi connectivity index (χ4v) is 1.77. The van der Waals surface area contributed by atoms with Gasteiger partial charge in [0, 0.05) is 30.0 Å². The molecule has 0 spiro atoms. The highest BCUT2D eigenvalue weighted by Crippen LogP contribution is 2.22. The van der Waals surface area contributed by atoms with Crippen LogP contribution in [0, 0.1) is 0 Å².